The van der Waals surface area contributed by atoms with Gasteiger partial charge in [0.05, 0.1) is 29.1 Å². The number of allylic oxidation sites excluding steroid dienone is 4. The molecule has 1 aromatic rings. The Balaban J connectivity index is 1.57. The van der Waals surface area contributed by atoms with E-state index in [1.807, 2.05) is 30.1 Å². The van der Waals surface area contributed by atoms with Crippen LogP contribution in [0.1, 0.15) is 12.1 Å². The molecule has 0 bridgehead atoms. The number of hydrogen-bond acceptors (Lipinski definition) is 4. The van der Waals surface area contributed by atoms with Gasteiger partial charge < -0.3 is 14.5 Å². The smallest absolute Gasteiger partial charge is 0.244 e. The highest BCUT2D eigenvalue weighted by Gasteiger charge is 2.23. The molecule has 2 aliphatic rings. The second kappa shape index (κ2) is 8.18. The van der Waals surface area contributed by atoms with Crippen LogP contribution in [0.25, 0.3) is 0 Å². The van der Waals surface area contributed by atoms with E-state index in [-0.39, 0.29) is 12.5 Å². The first kappa shape index (κ1) is 18.9. The molecule has 0 saturated carbocycles. The van der Waals surface area contributed by atoms with Crippen LogP contribution in [0.15, 0.2) is 40.9 Å². The van der Waals surface area contributed by atoms with Gasteiger partial charge in [0.1, 0.15) is 12.3 Å². The van der Waals surface area contributed by atoms with Crippen LogP contribution in [0, 0.1) is 6.92 Å². The summed E-state index contributed by atoms with van der Waals surface area (Å²) in [5.41, 5.74) is 1.99. The van der Waals surface area contributed by atoms with Crippen LogP contribution < -0.4 is 0 Å². The SMILES string of the molecule is COC1=CCC(N2CCN(C(=O)Cn3ncc(Cl)c3C)CC2)=CC=C1Cl. The van der Waals surface area contributed by atoms with Gasteiger partial charge in [0, 0.05) is 38.3 Å². The second-order valence-corrected chi connectivity index (χ2v) is 7.07. The standard InChI is InChI=1S/C18H22Cl2N4O2/c1-13-16(20)11-21-24(13)12-18(25)23-9-7-22(8-10-23)14-3-5-15(19)17(26-2)6-4-14/h3,5-6,11H,4,7-10,12H2,1-2H3. The summed E-state index contributed by atoms with van der Waals surface area (Å²) in [7, 11) is 1.62. The first-order valence-electron chi connectivity index (χ1n) is 8.51. The van der Waals surface area contributed by atoms with Gasteiger partial charge in [-0.1, -0.05) is 23.2 Å². The average molecular weight is 397 g/mol. The van der Waals surface area contributed by atoms with Gasteiger partial charge in [0.15, 0.2) is 0 Å². The number of methoxy groups -OCH3 is 1. The minimum Gasteiger partial charge on any atom is -0.496 e. The molecule has 1 aromatic heterocycles. The van der Waals surface area contributed by atoms with E-state index in [2.05, 4.69) is 10.00 Å². The Morgan fingerprint density at radius 1 is 1.23 bits per heavy atom. The molecule has 0 aromatic carbocycles. The van der Waals surface area contributed by atoms with Crippen molar-refractivity contribution in [3.63, 3.8) is 0 Å². The molecular formula is C18H22Cl2N4O2. The fourth-order valence-electron chi connectivity index (χ4n) is 3.08. The van der Waals surface area contributed by atoms with Crippen molar-refractivity contribution < 1.29 is 9.53 Å². The van der Waals surface area contributed by atoms with Crippen molar-refractivity contribution in [3.8, 4) is 0 Å². The van der Waals surface area contributed by atoms with Crippen LogP contribution in [0.2, 0.25) is 5.02 Å². The number of amides is 1. The van der Waals surface area contributed by atoms with Crippen LogP contribution in [0.5, 0.6) is 0 Å². The van der Waals surface area contributed by atoms with E-state index in [1.54, 1.807) is 18.0 Å². The normalized spacial score (nSPS) is 18.1. The van der Waals surface area contributed by atoms with Crippen molar-refractivity contribution in [3.05, 3.63) is 51.6 Å². The summed E-state index contributed by atoms with van der Waals surface area (Å²) in [6, 6.07) is 0. The summed E-state index contributed by atoms with van der Waals surface area (Å²) in [4.78, 5) is 16.7. The minimum atomic E-state index is 0.0619. The zero-order chi connectivity index (χ0) is 18.7. The Bertz CT molecular complexity index is 774. The topological polar surface area (TPSA) is 50.6 Å². The number of halogens is 2. The zero-order valence-corrected chi connectivity index (χ0v) is 16.4. The fourth-order valence-corrected chi connectivity index (χ4v) is 3.44. The number of rotatable bonds is 4. The largest absolute Gasteiger partial charge is 0.496 e. The number of aromatic nitrogens is 2. The number of hydrogen-bond donors (Lipinski definition) is 0. The maximum absolute atomic E-state index is 12.5. The Kier molecular flexibility index (Phi) is 5.94. The lowest BCUT2D eigenvalue weighted by Crippen LogP contribution is -2.49. The molecule has 6 nitrogen and oxygen atoms in total. The maximum atomic E-state index is 12.5. The van der Waals surface area contributed by atoms with E-state index in [1.165, 1.54) is 5.70 Å². The monoisotopic (exact) mass is 396 g/mol. The number of piperazine rings is 1. The van der Waals surface area contributed by atoms with Gasteiger partial charge in [0.25, 0.3) is 0 Å². The van der Waals surface area contributed by atoms with Gasteiger partial charge in [0.2, 0.25) is 5.91 Å². The predicted molar refractivity (Wildman–Crippen MR) is 102 cm³/mol. The molecule has 0 spiro atoms. The van der Waals surface area contributed by atoms with Crippen LogP contribution in [-0.4, -0.2) is 58.8 Å². The number of carbonyl (C=O) groups excluding carboxylic acids is 1. The molecule has 1 aliphatic heterocycles. The van der Waals surface area contributed by atoms with E-state index in [4.69, 9.17) is 27.9 Å². The third kappa shape index (κ3) is 4.07. The molecule has 0 N–H and O–H groups in total. The Morgan fingerprint density at radius 3 is 2.58 bits per heavy atom. The fraction of sp³-hybridized carbons (Fsp3) is 0.444. The molecule has 8 heteroatoms. The number of ether oxygens (including phenoxy) is 1. The van der Waals surface area contributed by atoms with E-state index < -0.39 is 0 Å². The molecule has 2 heterocycles. The highest BCUT2D eigenvalue weighted by Crippen LogP contribution is 2.24. The lowest BCUT2D eigenvalue weighted by atomic mass is 10.2. The van der Waals surface area contributed by atoms with Crippen molar-refractivity contribution >= 4 is 29.1 Å². The molecule has 1 amide bonds. The molecule has 0 atom stereocenters. The molecule has 140 valence electrons. The minimum absolute atomic E-state index is 0.0619. The molecule has 3 rings (SSSR count). The highest BCUT2D eigenvalue weighted by molar-refractivity contribution is 6.32. The van der Waals surface area contributed by atoms with Gasteiger partial charge in [-0.15, -0.1) is 0 Å². The molecule has 1 aliphatic carbocycles. The lowest BCUT2D eigenvalue weighted by molar-refractivity contribution is -0.133. The number of carbonyl (C=O) groups is 1. The van der Waals surface area contributed by atoms with Gasteiger partial charge in [-0.3, -0.25) is 9.48 Å². The van der Waals surface area contributed by atoms with E-state index in [0.717, 1.165) is 25.2 Å². The van der Waals surface area contributed by atoms with E-state index >= 15 is 0 Å². The first-order chi connectivity index (χ1) is 12.5. The van der Waals surface area contributed by atoms with Crippen molar-refractivity contribution in [1.82, 2.24) is 19.6 Å². The van der Waals surface area contributed by atoms with Gasteiger partial charge in [-0.25, -0.2) is 0 Å². The summed E-state index contributed by atoms with van der Waals surface area (Å²) in [5, 5.41) is 5.33. The first-order valence-corrected chi connectivity index (χ1v) is 9.26. The third-order valence-corrected chi connectivity index (χ3v) is 5.42. The Hall–Kier alpha value is -1.92. The summed E-state index contributed by atoms with van der Waals surface area (Å²) in [6.45, 7) is 5.03. The molecule has 0 unspecified atom stereocenters. The maximum Gasteiger partial charge on any atom is 0.244 e. The molecule has 26 heavy (non-hydrogen) atoms. The summed E-state index contributed by atoms with van der Waals surface area (Å²) in [6.07, 6.45) is 8.20. The molecule has 1 fully saturated rings. The van der Waals surface area contributed by atoms with Crippen LogP contribution >= 0.6 is 23.2 Å². The molecule has 1 saturated heterocycles. The van der Waals surface area contributed by atoms with Crippen molar-refractivity contribution in [1.29, 1.82) is 0 Å². The van der Waals surface area contributed by atoms with E-state index in [9.17, 15) is 4.79 Å². The van der Waals surface area contributed by atoms with Crippen LogP contribution in [0.4, 0.5) is 0 Å². The van der Waals surface area contributed by atoms with Gasteiger partial charge >= 0.3 is 0 Å². The van der Waals surface area contributed by atoms with Gasteiger partial charge in [-0.05, 0) is 25.2 Å². The Labute approximate surface area is 163 Å². The van der Waals surface area contributed by atoms with Crippen LogP contribution in [0.3, 0.4) is 0 Å². The zero-order valence-electron chi connectivity index (χ0n) is 14.9. The second-order valence-electron chi connectivity index (χ2n) is 6.25. The van der Waals surface area contributed by atoms with E-state index in [0.29, 0.717) is 28.9 Å². The van der Waals surface area contributed by atoms with Crippen molar-refractivity contribution in [2.45, 2.75) is 19.9 Å². The van der Waals surface area contributed by atoms with Gasteiger partial charge in [-0.2, -0.15) is 5.10 Å². The summed E-state index contributed by atoms with van der Waals surface area (Å²) >= 11 is 12.2. The predicted octanol–water partition coefficient (Wildman–Crippen LogP) is 2.93. The molecular weight excluding hydrogens is 375 g/mol. The lowest BCUT2D eigenvalue weighted by Gasteiger charge is -2.37. The highest BCUT2D eigenvalue weighted by atomic mass is 35.5. The average Bonchev–Trinajstić information content (AvgIpc) is 2.85. The van der Waals surface area contributed by atoms with Crippen molar-refractivity contribution in [2.24, 2.45) is 0 Å². The number of nitrogens with zero attached hydrogens (tertiary/aromatic N) is 4. The Morgan fingerprint density at radius 2 is 1.96 bits per heavy atom. The van der Waals surface area contributed by atoms with Crippen LogP contribution in [-0.2, 0) is 16.1 Å². The third-order valence-electron chi connectivity index (χ3n) is 4.74. The quantitative estimate of drug-likeness (QED) is 0.784. The summed E-state index contributed by atoms with van der Waals surface area (Å²) in [5.74, 6) is 0.756. The molecule has 0 radical (unpaired) electrons. The summed E-state index contributed by atoms with van der Waals surface area (Å²) < 4.78 is 6.92. The van der Waals surface area contributed by atoms with Crippen molar-refractivity contribution in [2.75, 3.05) is 33.3 Å².